The lowest BCUT2D eigenvalue weighted by atomic mass is 10.2. The molecule has 1 heterocycles. The molecule has 2 N–H and O–H groups in total. The first kappa shape index (κ1) is 14.7. The van der Waals surface area contributed by atoms with Gasteiger partial charge >= 0.3 is 5.97 Å². The lowest BCUT2D eigenvalue weighted by Crippen LogP contribution is -2.23. The molecule has 0 aliphatic carbocycles. The van der Waals surface area contributed by atoms with Crippen molar-refractivity contribution in [2.45, 2.75) is 19.9 Å². The third-order valence-electron chi connectivity index (χ3n) is 2.84. The average molecular weight is 291 g/mol. The van der Waals surface area contributed by atoms with Gasteiger partial charge < -0.3 is 15.0 Å². The van der Waals surface area contributed by atoms with Gasteiger partial charge in [0.1, 0.15) is 5.82 Å². The second-order valence-corrected chi connectivity index (χ2v) is 4.40. The number of aromatic carboxylic acids is 1. The number of nitrogens with one attached hydrogen (secondary N) is 1. The smallest absolute Gasteiger partial charge is 0.338 e. The molecule has 1 aromatic heterocycles. The number of carboxylic acids is 1. The summed E-state index contributed by atoms with van der Waals surface area (Å²) in [6.07, 6.45) is 3.85. The zero-order chi connectivity index (χ0) is 15.4. The van der Waals surface area contributed by atoms with Crippen LogP contribution >= 0.6 is 0 Å². The lowest BCUT2D eigenvalue weighted by molar-refractivity contribution is 0.0692. The highest BCUT2D eigenvalue weighted by Crippen LogP contribution is 2.16. The van der Waals surface area contributed by atoms with Gasteiger partial charge in [0, 0.05) is 24.6 Å². The van der Waals surface area contributed by atoms with Crippen molar-refractivity contribution < 1.29 is 14.3 Å². The molecule has 2 rings (SSSR count). The van der Waals surface area contributed by atoms with E-state index in [4.69, 9.17) is 5.11 Å². The van der Waals surface area contributed by atoms with Crippen molar-refractivity contribution in [1.82, 2.24) is 9.55 Å². The van der Waals surface area contributed by atoms with Crippen LogP contribution in [0, 0.1) is 5.82 Å². The Labute approximate surface area is 119 Å². The summed E-state index contributed by atoms with van der Waals surface area (Å²) in [4.78, 5) is 26.7. The summed E-state index contributed by atoms with van der Waals surface area (Å²) in [5, 5.41) is 11.5. The molecule has 0 atom stereocenters. The number of rotatable bonds is 5. The first-order valence-corrected chi connectivity index (χ1v) is 6.38. The Morgan fingerprint density at radius 2 is 2.24 bits per heavy atom. The van der Waals surface area contributed by atoms with Gasteiger partial charge in [0.15, 0.2) is 5.82 Å². The summed E-state index contributed by atoms with van der Waals surface area (Å²) in [6.45, 7) is 2.50. The second-order valence-electron chi connectivity index (χ2n) is 4.40. The van der Waals surface area contributed by atoms with Gasteiger partial charge in [0.25, 0.3) is 5.56 Å². The van der Waals surface area contributed by atoms with Crippen LogP contribution in [0.3, 0.4) is 0 Å². The van der Waals surface area contributed by atoms with E-state index in [1.807, 2.05) is 6.92 Å². The van der Waals surface area contributed by atoms with Crippen LogP contribution in [0.15, 0.2) is 35.4 Å². The number of aromatic nitrogens is 2. The molecule has 0 amide bonds. The molecule has 0 aliphatic heterocycles. The SMILES string of the molecule is CCCn1ccnc(Nc2ccc(C(=O)O)c(F)c2)c1=O. The zero-order valence-corrected chi connectivity index (χ0v) is 11.3. The predicted molar refractivity (Wildman–Crippen MR) is 75.4 cm³/mol. The number of hydrogen-bond acceptors (Lipinski definition) is 4. The van der Waals surface area contributed by atoms with E-state index in [1.54, 1.807) is 6.20 Å². The Morgan fingerprint density at radius 1 is 1.48 bits per heavy atom. The Bertz CT molecular complexity index is 728. The molecule has 0 aliphatic rings. The number of anilines is 2. The van der Waals surface area contributed by atoms with Crippen LogP contribution < -0.4 is 10.9 Å². The van der Waals surface area contributed by atoms with Crippen LogP contribution in [0.25, 0.3) is 0 Å². The molecule has 0 unspecified atom stereocenters. The fourth-order valence-electron chi connectivity index (χ4n) is 1.85. The zero-order valence-electron chi connectivity index (χ0n) is 11.3. The van der Waals surface area contributed by atoms with E-state index in [1.165, 1.54) is 16.8 Å². The minimum atomic E-state index is -1.35. The van der Waals surface area contributed by atoms with Gasteiger partial charge in [0.2, 0.25) is 0 Å². The molecule has 0 spiro atoms. The number of carboxylic acid groups (broad SMARTS) is 1. The van der Waals surface area contributed by atoms with Gasteiger partial charge in [-0.15, -0.1) is 0 Å². The number of halogens is 1. The Balaban J connectivity index is 2.31. The molecule has 0 saturated heterocycles. The summed E-state index contributed by atoms with van der Waals surface area (Å²) in [5.41, 5.74) is -0.483. The molecular weight excluding hydrogens is 277 g/mol. The fraction of sp³-hybridized carbons (Fsp3) is 0.214. The standard InChI is InChI=1S/C14H14FN3O3/c1-2-6-18-7-5-16-12(13(18)19)17-9-3-4-10(14(20)21)11(15)8-9/h3-5,7-8H,2,6H2,1H3,(H,16,17)(H,20,21). The van der Waals surface area contributed by atoms with E-state index in [2.05, 4.69) is 10.3 Å². The maximum atomic E-state index is 13.6. The molecule has 1 aromatic carbocycles. The van der Waals surface area contributed by atoms with E-state index < -0.39 is 17.3 Å². The van der Waals surface area contributed by atoms with Crippen molar-refractivity contribution >= 4 is 17.5 Å². The average Bonchev–Trinajstić information content (AvgIpc) is 2.43. The highest BCUT2D eigenvalue weighted by Gasteiger charge is 2.11. The Kier molecular flexibility index (Phi) is 4.32. The van der Waals surface area contributed by atoms with E-state index >= 15 is 0 Å². The monoisotopic (exact) mass is 291 g/mol. The molecule has 0 bridgehead atoms. The topological polar surface area (TPSA) is 84.2 Å². The summed E-state index contributed by atoms with van der Waals surface area (Å²) in [5.74, 6) is -2.16. The predicted octanol–water partition coefficient (Wildman–Crippen LogP) is 2.23. The van der Waals surface area contributed by atoms with Gasteiger partial charge in [-0.2, -0.15) is 0 Å². The van der Waals surface area contributed by atoms with Crippen molar-refractivity contribution in [3.8, 4) is 0 Å². The Morgan fingerprint density at radius 3 is 2.86 bits per heavy atom. The number of aryl methyl sites for hydroxylation is 1. The van der Waals surface area contributed by atoms with Crippen molar-refractivity contribution in [3.63, 3.8) is 0 Å². The van der Waals surface area contributed by atoms with Crippen LogP contribution in [0.5, 0.6) is 0 Å². The fourth-order valence-corrected chi connectivity index (χ4v) is 1.85. The van der Waals surface area contributed by atoms with E-state index in [9.17, 15) is 14.0 Å². The quantitative estimate of drug-likeness (QED) is 0.882. The molecular formula is C14H14FN3O3. The summed E-state index contributed by atoms with van der Waals surface area (Å²) in [6, 6.07) is 3.53. The normalized spacial score (nSPS) is 10.4. The maximum absolute atomic E-state index is 13.6. The summed E-state index contributed by atoms with van der Waals surface area (Å²) in [7, 11) is 0. The van der Waals surface area contributed by atoms with Gasteiger partial charge in [-0.25, -0.2) is 14.2 Å². The molecule has 0 radical (unpaired) electrons. The molecule has 2 aromatic rings. The number of benzene rings is 1. The largest absolute Gasteiger partial charge is 0.478 e. The van der Waals surface area contributed by atoms with E-state index in [-0.39, 0.29) is 17.1 Å². The summed E-state index contributed by atoms with van der Waals surface area (Å²) >= 11 is 0. The molecule has 110 valence electrons. The summed E-state index contributed by atoms with van der Waals surface area (Å²) < 4.78 is 15.1. The molecule has 21 heavy (non-hydrogen) atoms. The molecule has 7 heteroatoms. The first-order valence-electron chi connectivity index (χ1n) is 6.38. The van der Waals surface area contributed by atoms with Gasteiger partial charge in [-0.05, 0) is 24.6 Å². The minimum absolute atomic E-state index is 0.0634. The van der Waals surface area contributed by atoms with Crippen molar-refractivity contribution in [3.05, 3.63) is 52.3 Å². The highest BCUT2D eigenvalue weighted by molar-refractivity contribution is 5.88. The highest BCUT2D eigenvalue weighted by atomic mass is 19.1. The van der Waals surface area contributed by atoms with Crippen LogP contribution in [-0.4, -0.2) is 20.6 Å². The van der Waals surface area contributed by atoms with Crippen LogP contribution in [0.1, 0.15) is 23.7 Å². The van der Waals surface area contributed by atoms with Crippen LogP contribution in [0.4, 0.5) is 15.9 Å². The first-order chi connectivity index (χ1) is 10.0. The number of nitrogens with zero attached hydrogens (tertiary/aromatic N) is 2. The van der Waals surface area contributed by atoms with Crippen molar-refractivity contribution in [2.24, 2.45) is 0 Å². The third-order valence-corrected chi connectivity index (χ3v) is 2.84. The van der Waals surface area contributed by atoms with E-state index in [0.29, 0.717) is 6.54 Å². The molecule has 0 fully saturated rings. The maximum Gasteiger partial charge on any atom is 0.338 e. The van der Waals surface area contributed by atoms with Gasteiger partial charge in [-0.3, -0.25) is 4.79 Å². The van der Waals surface area contributed by atoms with Crippen LogP contribution in [0.2, 0.25) is 0 Å². The van der Waals surface area contributed by atoms with Crippen LogP contribution in [-0.2, 0) is 6.54 Å². The lowest BCUT2D eigenvalue weighted by Gasteiger charge is -2.08. The third kappa shape index (κ3) is 3.25. The second kappa shape index (κ2) is 6.17. The molecule has 6 nitrogen and oxygen atoms in total. The van der Waals surface area contributed by atoms with Gasteiger partial charge in [-0.1, -0.05) is 6.92 Å². The molecule has 0 saturated carbocycles. The minimum Gasteiger partial charge on any atom is -0.478 e. The number of carbonyl (C=O) groups is 1. The number of hydrogen-bond donors (Lipinski definition) is 2. The van der Waals surface area contributed by atoms with Crippen molar-refractivity contribution in [1.29, 1.82) is 0 Å². The Hall–Kier alpha value is -2.70. The van der Waals surface area contributed by atoms with E-state index in [0.717, 1.165) is 18.6 Å². The van der Waals surface area contributed by atoms with Crippen molar-refractivity contribution in [2.75, 3.05) is 5.32 Å². The van der Waals surface area contributed by atoms with Gasteiger partial charge in [0.05, 0.1) is 5.56 Å².